The molecule has 0 aromatic heterocycles. The third kappa shape index (κ3) is 46.4. The molecule has 0 aromatic rings. The second kappa shape index (κ2) is 46.6. The van der Waals surface area contributed by atoms with Gasteiger partial charge in [0.05, 0.1) is 19.8 Å². The van der Waals surface area contributed by atoms with Gasteiger partial charge in [-0.1, -0.05) is 175 Å². The molecular formula is C52H85O10P. The van der Waals surface area contributed by atoms with Gasteiger partial charge in [-0.3, -0.25) is 18.6 Å². The summed E-state index contributed by atoms with van der Waals surface area (Å²) in [6, 6.07) is 0. The molecule has 0 fully saturated rings. The van der Waals surface area contributed by atoms with Crippen LogP contribution >= 0.6 is 7.82 Å². The van der Waals surface area contributed by atoms with E-state index in [9.17, 15) is 24.2 Å². The van der Waals surface area contributed by atoms with Gasteiger partial charge in [0.15, 0.2) is 6.10 Å². The number of hydrogen-bond acceptors (Lipinski definition) is 9. The maximum absolute atomic E-state index is 12.6. The van der Waals surface area contributed by atoms with Crippen molar-refractivity contribution in [3.63, 3.8) is 0 Å². The molecule has 63 heavy (non-hydrogen) atoms. The third-order valence-corrected chi connectivity index (χ3v) is 10.4. The molecule has 1 unspecified atom stereocenters. The average molecular weight is 901 g/mol. The van der Waals surface area contributed by atoms with E-state index in [4.69, 9.17) is 19.1 Å². The Morgan fingerprint density at radius 1 is 0.476 bits per heavy atom. The number of phosphoric ester groups is 1. The van der Waals surface area contributed by atoms with Gasteiger partial charge in [-0.15, -0.1) is 0 Å². The van der Waals surface area contributed by atoms with Crippen molar-refractivity contribution >= 4 is 19.8 Å². The Hall–Kier alpha value is -3.37. The van der Waals surface area contributed by atoms with Gasteiger partial charge >= 0.3 is 19.8 Å². The van der Waals surface area contributed by atoms with E-state index in [2.05, 4.69) is 103 Å². The van der Waals surface area contributed by atoms with Crippen molar-refractivity contribution in [2.75, 3.05) is 26.4 Å². The lowest BCUT2D eigenvalue weighted by atomic mass is 10.1. The number of aliphatic hydroxyl groups excluding tert-OH is 2. The molecule has 0 saturated carbocycles. The summed E-state index contributed by atoms with van der Waals surface area (Å²) in [6.07, 6.45) is 59.3. The van der Waals surface area contributed by atoms with E-state index in [1.165, 1.54) is 77.0 Å². The van der Waals surface area contributed by atoms with Crippen molar-refractivity contribution in [1.82, 2.24) is 0 Å². The molecule has 3 N–H and O–H groups in total. The Morgan fingerprint density at radius 3 is 1.33 bits per heavy atom. The molecule has 0 aliphatic rings. The van der Waals surface area contributed by atoms with E-state index in [1.807, 2.05) is 24.3 Å². The second-order valence-electron chi connectivity index (χ2n) is 15.4. The predicted octanol–water partition coefficient (Wildman–Crippen LogP) is 13.3. The number of carbonyl (C=O) groups excluding carboxylic acids is 2. The highest BCUT2D eigenvalue weighted by Crippen LogP contribution is 2.43. The molecule has 0 bridgehead atoms. The van der Waals surface area contributed by atoms with Crippen LogP contribution in [0.25, 0.3) is 0 Å². The number of unbranched alkanes of at least 4 members (excludes halogenated alkanes) is 11. The fourth-order valence-electron chi connectivity index (χ4n) is 5.73. The van der Waals surface area contributed by atoms with Gasteiger partial charge in [-0.2, -0.15) is 0 Å². The number of ether oxygens (including phenoxy) is 2. The molecule has 10 nitrogen and oxygen atoms in total. The van der Waals surface area contributed by atoms with Gasteiger partial charge in [-0.25, -0.2) is 4.57 Å². The van der Waals surface area contributed by atoms with Crippen LogP contribution in [0.5, 0.6) is 0 Å². The first-order valence-corrected chi connectivity index (χ1v) is 25.3. The van der Waals surface area contributed by atoms with Gasteiger partial charge < -0.3 is 24.6 Å². The van der Waals surface area contributed by atoms with Gasteiger partial charge in [0.1, 0.15) is 12.7 Å². The van der Waals surface area contributed by atoms with Crippen molar-refractivity contribution in [2.45, 2.75) is 180 Å². The first-order valence-electron chi connectivity index (χ1n) is 23.8. The minimum atomic E-state index is -4.66. The zero-order chi connectivity index (χ0) is 46.2. The van der Waals surface area contributed by atoms with Crippen molar-refractivity contribution in [2.24, 2.45) is 0 Å². The van der Waals surface area contributed by atoms with E-state index in [-0.39, 0.29) is 19.4 Å². The summed E-state index contributed by atoms with van der Waals surface area (Å²) in [7, 11) is -4.66. The molecule has 358 valence electrons. The van der Waals surface area contributed by atoms with Gasteiger partial charge in [-0.05, 0) is 89.9 Å². The zero-order valence-electron chi connectivity index (χ0n) is 39.0. The second-order valence-corrected chi connectivity index (χ2v) is 16.9. The fourth-order valence-corrected chi connectivity index (χ4v) is 6.52. The fraction of sp³-hybridized carbons (Fsp3) is 0.615. The molecular weight excluding hydrogens is 816 g/mol. The molecule has 3 atom stereocenters. The summed E-state index contributed by atoms with van der Waals surface area (Å²) in [6.45, 7) is 2.19. The van der Waals surface area contributed by atoms with Crippen molar-refractivity contribution < 1.29 is 47.8 Å². The van der Waals surface area contributed by atoms with E-state index in [1.54, 1.807) is 0 Å². The van der Waals surface area contributed by atoms with Gasteiger partial charge in [0.25, 0.3) is 0 Å². The molecule has 0 spiro atoms. The first-order chi connectivity index (χ1) is 30.7. The van der Waals surface area contributed by atoms with E-state index < -0.39 is 51.8 Å². The Morgan fingerprint density at radius 2 is 0.857 bits per heavy atom. The Balaban J connectivity index is 4.48. The topological polar surface area (TPSA) is 149 Å². The molecule has 0 aromatic carbocycles. The summed E-state index contributed by atoms with van der Waals surface area (Å²) < 4.78 is 32.6. The number of phosphoric acid groups is 1. The maximum Gasteiger partial charge on any atom is 0.472 e. The number of rotatable bonds is 43. The number of allylic oxidation sites excluding steroid dienone is 18. The van der Waals surface area contributed by atoms with Crippen molar-refractivity contribution in [3.05, 3.63) is 109 Å². The summed E-state index contributed by atoms with van der Waals surface area (Å²) in [4.78, 5) is 35.0. The van der Waals surface area contributed by atoms with Crippen LogP contribution in [0.2, 0.25) is 0 Å². The molecule has 0 aliphatic carbocycles. The van der Waals surface area contributed by atoms with Crippen molar-refractivity contribution in [1.29, 1.82) is 0 Å². The highest BCUT2D eigenvalue weighted by molar-refractivity contribution is 7.47. The van der Waals surface area contributed by atoms with Crippen LogP contribution in [0, 0.1) is 0 Å². The Bertz CT molecular complexity index is 1410. The van der Waals surface area contributed by atoms with Crippen LogP contribution in [0.3, 0.4) is 0 Å². The largest absolute Gasteiger partial charge is 0.472 e. The van der Waals surface area contributed by atoms with Crippen LogP contribution in [0.15, 0.2) is 109 Å². The Kier molecular flexibility index (Phi) is 44.1. The van der Waals surface area contributed by atoms with Crippen LogP contribution in [-0.2, 0) is 32.7 Å². The van der Waals surface area contributed by atoms with Crippen LogP contribution < -0.4 is 0 Å². The van der Waals surface area contributed by atoms with Crippen LogP contribution in [0.1, 0.15) is 168 Å². The smallest absolute Gasteiger partial charge is 0.462 e. The molecule has 11 heteroatoms. The molecule has 0 rings (SSSR count). The van der Waals surface area contributed by atoms with Crippen LogP contribution in [0.4, 0.5) is 0 Å². The molecule has 0 aliphatic heterocycles. The number of aliphatic hydroxyl groups is 2. The summed E-state index contributed by atoms with van der Waals surface area (Å²) >= 11 is 0. The predicted molar refractivity (Wildman–Crippen MR) is 260 cm³/mol. The molecule has 0 heterocycles. The van der Waals surface area contributed by atoms with E-state index >= 15 is 0 Å². The number of carbonyl (C=O) groups is 2. The lowest BCUT2D eigenvalue weighted by Crippen LogP contribution is -2.29. The standard InChI is InChI=1S/C52H85O10P/c1-3-5-7-9-11-13-15-17-19-21-23-24-26-28-30-32-34-36-38-40-42-44-52(56)62-50(48-61-63(57,58)60-46-49(54)45-53)47-59-51(55)43-41-39-37-35-33-31-29-27-25-22-20-18-16-14-12-10-8-6-4-2/h12,14,18-21,24-27,30-33,36-39,49-50,53-54H,3-11,13,15-17,22-23,28-29,34-35,40-48H2,1-2H3,(H,57,58)/b14-12+,20-18+,21-19+,26-24+,27-25+,32-30+,33-31+,38-36+,39-37+/t49-,50+/m0/s1. The average Bonchev–Trinajstić information content (AvgIpc) is 3.27. The monoisotopic (exact) mass is 901 g/mol. The molecule has 0 saturated heterocycles. The summed E-state index contributed by atoms with van der Waals surface area (Å²) in [5, 5.41) is 18.4. The number of esters is 2. The van der Waals surface area contributed by atoms with Crippen molar-refractivity contribution in [3.8, 4) is 0 Å². The molecule has 0 amide bonds. The highest BCUT2D eigenvalue weighted by atomic mass is 31.2. The van der Waals surface area contributed by atoms with E-state index in [0.29, 0.717) is 19.3 Å². The lowest BCUT2D eigenvalue weighted by Gasteiger charge is -2.20. The first kappa shape index (κ1) is 59.6. The lowest BCUT2D eigenvalue weighted by molar-refractivity contribution is -0.161. The van der Waals surface area contributed by atoms with Gasteiger partial charge in [0.2, 0.25) is 0 Å². The van der Waals surface area contributed by atoms with E-state index in [0.717, 1.165) is 44.9 Å². The minimum absolute atomic E-state index is 0.0864. The maximum atomic E-state index is 12.6. The Labute approximate surface area is 382 Å². The minimum Gasteiger partial charge on any atom is -0.462 e. The third-order valence-electron chi connectivity index (χ3n) is 9.41. The van der Waals surface area contributed by atoms with Crippen LogP contribution in [-0.4, -0.2) is 65.7 Å². The summed E-state index contributed by atoms with van der Waals surface area (Å²) in [5.74, 6) is -1.10. The quantitative estimate of drug-likeness (QED) is 0.0234. The highest BCUT2D eigenvalue weighted by Gasteiger charge is 2.27. The normalized spacial score (nSPS) is 14.7. The van der Waals surface area contributed by atoms with Gasteiger partial charge in [0, 0.05) is 12.8 Å². The summed E-state index contributed by atoms with van der Waals surface area (Å²) in [5.41, 5.74) is 0. The molecule has 0 radical (unpaired) electrons. The zero-order valence-corrected chi connectivity index (χ0v) is 39.9. The SMILES string of the molecule is CCCCC/C=C/C/C=C/C/C=C/C/C=C/C/C=C/CCC(=O)OC[C@H](COP(=O)(O)OC[C@@H](O)CO)OC(=O)CCC/C=C/C/C=C/C/C=C/C/C=C/CCCCCCCCC. The number of hydrogen-bond donors (Lipinski definition) is 3.